The third-order valence-electron chi connectivity index (χ3n) is 10.9. The molecule has 0 bridgehead atoms. The molecule has 0 spiro atoms. The van der Waals surface area contributed by atoms with E-state index >= 15 is 0 Å². The maximum atomic E-state index is 6.36. The molecule has 1 nitrogen and oxygen atoms in total. The molecule has 0 saturated heterocycles. The van der Waals surface area contributed by atoms with Gasteiger partial charge in [-0.15, -0.1) is 0 Å². The Morgan fingerprint density at radius 3 is 1.35 bits per heavy atom. The topological polar surface area (TPSA) is 13.1 Å². The van der Waals surface area contributed by atoms with Crippen LogP contribution in [0.5, 0.6) is 0 Å². The van der Waals surface area contributed by atoms with Crippen molar-refractivity contribution in [2.24, 2.45) is 0 Å². The Kier molecular flexibility index (Phi) is 6.02. The molecule has 0 atom stereocenters. The molecule has 0 aliphatic carbocycles. The molecular weight excluding hydrogens is 617 g/mol. The van der Waals surface area contributed by atoms with Crippen LogP contribution < -0.4 is 0 Å². The van der Waals surface area contributed by atoms with Gasteiger partial charge in [0, 0.05) is 16.3 Å². The van der Waals surface area contributed by atoms with E-state index in [-0.39, 0.29) is 0 Å². The molecule has 1 aromatic heterocycles. The third-order valence-corrected chi connectivity index (χ3v) is 10.9. The van der Waals surface area contributed by atoms with Gasteiger partial charge in [0.25, 0.3) is 0 Å². The van der Waals surface area contributed by atoms with Crippen LogP contribution in [0, 0.1) is 0 Å². The Hall–Kier alpha value is -6.70. The number of hydrogen-bond acceptors (Lipinski definition) is 1. The predicted octanol–water partition coefficient (Wildman–Crippen LogP) is 14.3. The van der Waals surface area contributed by atoms with Gasteiger partial charge in [0.15, 0.2) is 0 Å². The van der Waals surface area contributed by atoms with Crippen LogP contribution >= 0.6 is 0 Å². The summed E-state index contributed by atoms with van der Waals surface area (Å²) in [4.78, 5) is 0. The Bertz CT molecular complexity index is 3100. The fourth-order valence-electron chi connectivity index (χ4n) is 8.41. The molecule has 0 N–H and O–H groups in total. The van der Waals surface area contributed by atoms with Gasteiger partial charge in [-0.2, -0.15) is 0 Å². The van der Waals surface area contributed by atoms with Gasteiger partial charge < -0.3 is 4.42 Å². The molecule has 10 aromatic carbocycles. The minimum atomic E-state index is 0.923. The first-order chi connectivity index (χ1) is 25.3. The molecule has 0 unspecified atom stereocenters. The van der Waals surface area contributed by atoms with Gasteiger partial charge in [-0.05, 0) is 88.1 Å². The van der Waals surface area contributed by atoms with Crippen LogP contribution in [0.2, 0.25) is 0 Å². The van der Waals surface area contributed by atoms with Gasteiger partial charge in [-0.3, -0.25) is 0 Å². The molecule has 0 fully saturated rings. The summed E-state index contributed by atoms with van der Waals surface area (Å²) < 4.78 is 6.36. The minimum absolute atomic E-state index is 0.923. The predicted molar refractivity (Wildman–Crippen MR) is 217 cm³/mol. The van der Waals surface area contributed by atoms with Crippen LogP contribution in [0.15, 0.2) is 186 Å². The molecule has 236 valence electrons. The Morgan fingerprint density at radius 2 is 0.706 bits per heavy atom. The van der Waals surface area contributed by atoms with Crippen molar-refractivity contribution in [1.29, 1.82) is 0 Å². The molecule has 11 rings (SSSR count). The van der Waals surface area contributed by atoms with Gasteiger partial charge in [-0.25, -0.2) is 0 Å². The van der Waals surface area contributed by atoms with E-state index in [0.29, 0.717) is 0 Å². The SMILES string of the molecule is c1ccc2c(-c3ccc(-c4ccc5ccc6c(-c7ccc(-c8cccc9c8oc8ccccc89)cc7)ccc7ccc4c5c76)cc3)cccc2c1. The van der Waals surface area contributed by atoms with E-state index in [4.69, 9.17) is 4.42 Å². The minimum Gasteiger partial charge on any atom is -0.455 e. The second-order valence-electron chi connectivity index (χ2n) is 13.6. The van der Waals surface area contributed by atoms with Crippen LogP contribution in [0.25, 0.3) is 110 Å². The quantitative estimate of drug-likeness (QED) is 0.173. The van der Waals surface area contributed by atoms with Crippen molar-refractivity contribution in [3.63, 3.8) is 0 Å². The number of furan rings is 1. The molecule has 51 heavy (non-hydrogen) atoms. The summed E-state index contributed by atoms with van der Waals surface area (Å²) in [7, 11) is 0. The molecule has 0 radical (unpaired) electrons. The summed E-state index contributed by atoms with van der Waals surface area (Å²) in [5.41, 5.74) is 11.6. The average Bonchev–Trinajstić information content (AvgIpc) is 3.59. The van der Waals surface area contributed by atoms with E-state index in [9.17, 15) is 0 Å². The second kappa shape index (κ2) is 10.9. The van der Waals surface area contributed by atoms with E-state index in [2.05, 4.69) is 170 Å². The third kappa shape index (κ3) is 4.28. The first-order valence-electron chi connectivity index (χ1n) is 17.6. The molecule has 0 aliphatic heterocycles. The van der Waals surface area contributed by atoms with Crippen molar-refractivity contribution >= 4 is 65.0 Å². The summed E-state index contributed by atoms with van der Waals surface area (Å²) in [5.74, 6) is 0. The number of rotatable bonds is 4. The fraction of sp³-hybridized carbons (Fsp3) is 0. The highest BCUT2D eigenvalue weighted by Gasteiger charge is 2.16. The van der Waals surface area contributed by atoms with Gasteiger partial charge in [0.1, 0.15) is 11.2 Å². The first kappa shape index (κ1) is 28.2. The maximum absolute atomic E-state index is 6.36. The molecule has 0 saturated carbocycles. The normalized spacial score (nSPS) is 11.9. The standard InChI is InChI=1S/C50H30O/c1-2-9-38-31(7-1)8-5-11-39(38)32-15-17-33(18-16-32)40-27-23-36-26-30-45-41(28-24-37-25-29-44(40)48(36)49(37)45)34-19-21-35(22-20-34)42-12-6-13-46-43-10-3-4-14-47(43)51-50(42)46/h1-30H. The Morgan fingerprint density at radius 1 is 0.255 bits per heavy atom. The van der Waals surface area contributed by atoms with Crippen LogP contribution in [-0.2, 0) is 0 Å². The van der Waals surface area contributed by atoms with Crippen molar-refractivity contribution in [3.05, 3.63) is 182 Å². The molecule has 11 aromatic rings. The van der Waals surface area contributed by atoms with E-state index < -0.39 is 0 Å². The zero-order chi connectivity index (χ0) is 33.5. The summed E-state index contributed by atoms with van der Waals surface area (Å²) in [6.07, 6.45) is 0. The van der Waals surface area contributed by atoms with Gasteiger partial charge in [0.2, 0.25) is 0 Å². The average molecular weight is 647 g/mol. The molecule has 0 aliphatic rings. The first-order valence-corrected chi connectivity index (χ1v) is 17.6. The highest BCUT2D eigenvalue weighted by Crippen LogP contribution is 2.43. The van der Waals surface area contributed by atoms with Crippen molar-refractivity contribution in [1.82, 2.24) is 0 Å². The van der Waals surface area contributed by atoms with Crippen molar-refractivity contribution in [3.8, 4) is 44.5 Å². The largest absolute Gasteiger partial charge is 0.455 e. The number of benzene rings is 10. The van der Waals surface area contributed by atoms with E-state index in [1.165, 1.54) is 76.5 Å². The smallest absolute Gasteiger partial charge is 0.143 e. The zero-order valence-corrected chi connectivity index (χ0v) is 27.7. The Labute approximate surface area is 295 Å². The molecule has 1 heteroatoms. The van der Waals surface area contributed by atoms with Crippen LogP contribution in [0.1, 0.15) is 0 Å². The van der Waals surface area contributed by atoms with Crippen LogP contribution in [0.4, 0.5) is 0 Å². The number of hydrogen-bond donors (Lipinski definition) is 0. The lowest BCUT2D eigenvalue weighted by Gasteiger charge is -2.17. The summed E-state index contributed by atoms with van der Waals surface area (Å²) in [6.45, 7) is 0. The molecule has 0 amide bonds. The maximum Gasteiger partial charge on any atom is 0.143 e. The lowest BCUT2D eigenvalue weighted by molar-refractivity contribution is 0.670. The van der Waals surface area contributed by atoms with Gasteiger partial charge >= 0.3 is 0 Å². The summed E-state index contributed by atoms with van der Waals surface area (Å²) in [6, 6.07) is 66.3. The summed E-state index contributed by atoms with van der Waals surface area (Å²) >= 11 is 0. The second-order valence-corrected chi connectivity index (χ2v) is 13.6. The van der Waals surface area contributed by atoms with Crippen molar-refractivity contribution < 1.29 is 4.42 Å². The van der Waals surface area contributed by atoms with E-state index in [0.717, 1.165) is 33.1 Å². The Balaban J connectivity index is 1.01. The summed E-state index contributed by atoms with van der Waals surface area (Å²) in [5, 5.41) is 12.6. The monoisotopic (exact) mass is 646 g/mol. The van der Waals surface area contributed by atoms with Crippen molar-refractivity contribution in [2.75, 3.05) is 0 Å². The zero-order valence-electron chi connectivity index (χ0n) is 27.7. The highest BCUT2D eigenvalue weighted by molar-refractivity contribution is 6.27. The lowest BCUT2D eigenvalue weighted by Crippen LogP contribution is -1.90. The van der Waals surface area contributed by atoms with E-state index in [1.807, 2.05) is 12.1 Å². The fourth-order valence-corrected chi connectivity index (χ4v) is 8.41. The lowest BCUT2D eigenvalue weighted by atomic mass is 9.87. The van der Waals surface area contributed by atoms with Crippen LogP contribution in [0.3, 0.4) is 0 Å². The van der Waals surface area contributed by atoms with Gasteiger partial charge in [-0.1, -0.05) is 176 Å². The van der Waals surface area contributed by atoms with E-state index in [1.54, 1.807) is 0 Å². The molecule has 1 heterocycles. The van der Waals surface area contributed by atoms with Crippen LogP contribution in [-0.4, -0.2) is 0 Å². The highest BCUT2D eigenvalue weighted by atomic mass is 16.3. The number of fused-ring (bicyclic) bond motifs is 4. The van der Waals surface area contributed by atoms with Crippen molar-refractivity contribution in [2.45, 2.75) is 0 Å². The number of para-hydroxylation sites is 2. The van der Waals surface area contributed by atoms with Gasteiger partial charge in [0.05, 0.1) is 0 Å². The molecular formula is C50H30O.